The minimum absolute atomic E-state index is 0.0359. The quantitative estimate of drug-likeness (QED) is 0.344. The number of amides is 2. The first kappa shape index (κ1) is 20.9. The standard InChI is InChI=1S/C18H17N7O4S/c1-11-4-3-5-12(2)16(11)24-18(21-22-23-24)30-10-15(26)19-20-17(27)13-6-8-14(9-7-13)25(28)29/h3-9H,10H2,1-2H3,(H,19,26)(H,20,27). The van der Waals surface area contributed by atoms with Crippen LogP contribution in [0, 0.1) is 24.0 Å². The highest BCUT2D eigenvalue weighted by atomic mass is 32.2. The van der Waals surface area contributed by atoms with E-state index >= 15 is 0 Å². The monoisotopic (exact) mass is 427 g/mol. The molecule has 0 aliphatic heterocycles. The van der Waals surface area contributed by atoms with Gasteiger partial charge in [0.1, 0.15) is 0 Å². The molecule has 30 heavy (non-hydrogen) atoms. The molecule has 2 N–H and O–H groups in total. The van der Waals surface area contributed by atoms with Crippen molar-refractivity contribution >= 4 is 29.3 Å². The van der Waals surface area contributed by atoms with E-state index in [2.05, 4.69) is 26.4 Å². The summed E-state index contributed by atoms with van der Waals surface area (Å²) in [7, 11) is 0. The molecule has 0 bridgehead atoms. The molecule has 0 unspecified atom stereocenters. The Labute approximate surface area is 175 Å². The van der Waals surface area contributed by atoms with Crippen LogP contribution in [0.5, 0.6) is 0 Å². The molecule has 0 spiro atoms. The fourth-order valence-electron chi connectivity index (χ4n) is 2.65. The molecule has 154 valence electrons. The van der Waals surface area contributed by atoms with Gasteiger partial charge in [-0.05, 0) is 47.5 Å². The van der Waals surface area contributed by atoms with Gasteiger partial charge >= 0.3 is 0 Å². The van der Waals surface area contributed by atoms with Crippen LogP contribution in [0.3, 0.4) is 0 Å². The summed E-state index contributed by atoms with van der Waals surface area (Å²) in [4.78, 5) is 34.2. The Hall–Kier alpha value is -3.80. The average Bonchev–Trinajstić information content (AvgIpc) is 3.18. The van der Waals surface area contributed by atoms with Gasteiger partial charge in [0.05, 0.1) is 16.4 Å². The third-order valence-electron chi connectivity index (χ3n) is 4.08. The Morgan fingerprint density at radius 1 is 1.10 bits per heavy atom. The molecular formula is C18H17N7O4S. The van der Waals surface area contributed by atoms with E-state index < -0.39 is 16.7 Å². The van der Waals surface area contributed by atoms with E-state index in [1.54, 1.807) is 4.68 Å². The second-order valence-corrected chi connectivity index (χ2v) is 7.15. The number of non-ortho nitro benzene ring substituents is 1. The van der Waals surface area contributed by atoms with Gasteiger partial charge in [-0.15, -0.1) is 5.10 Å². The number of aromatic nitrogens is 4. The van der Waals surface area contributed by atoms with Crippen molar-refractivity contribution in [1.29, 1.82) is 0 Å². The van der Waals surface area contributed by atoms with Crippen LogP contribution in [-0.4, -0.2) is 42.7 Å². The predicted octanol–water partition coefficient (Wildman–Crippen LogP) is 1.74. The second-order valence-electron chi connectivity index (χ2n) is 6.21. The van der Waals surface area contributed by atoms with Crippen molar-refractivity contribution in [3.05, 3.63) is 69.3 Å². The molecule has 3 rings (SSSR count). The minimum atomic E-state index is -0.594. The zero-order valence-corrected chi connectivity index (χ0v) is 16.8. The molecule has 2 amide bonds. The van der Waals surface area contributed by atoms with E-state index in [1.807, 2.05) is 32.0 Å². The predicted molar refractivity (Wildman–Crippen MR) is 108 cm³/mol. The van der Waals surface area contributed by atoms with E-state index in [0.29, 0.717) is 5.16 Å². The number of hydrazine groups is 1. The maximum atomic E-state index is 12.1. The summed E-state index contributed by atoms with van der Waals surface area (Å²) in [6, 6.07) is 10.8. The molecule has 0 fully saturated rings. The molecule has 0 saturated carbocycles. The van der Waals surface area contributed by atoms with Gasteiger partial charge < -0.3 is 0 Å². The normalized spacial score (nSPS) is 10.5. The summed E-state index contributed by atoms with van der Waals surface area (Å²) in [6.45, 7) is 3.89. The van der Waals surface area contributed by atoms with Gasteiger partial charge in [0, 0.05) is 17.7 Å². The number of carbonyl (C=O) groups is 2. The number of nitro groups is 1. The first-order valence-corrected chi connectivity index (χ1v) is 9.67. The first-order valence-electron chi connectivity index (χ1n) is 8.68. The first-order chi connectivity index (χ1) is 14.4. The van der Waals surface area contributed by atoms with Crippen molar-refractivity contribution in [1.82, 2.24) is 31.1 Å². The van der Waals surface area contributed by atoms with Gasteiger partial charge in [0.25, 0.3) is 11.6 Å². The van der Waals surface area contributed by atoms with Crippen LogP contribution in [0.25, 0.3) is 5.69 Å². The summed E-state index contributed by atoms with van der Waals surface area (Å²) in [6.07, 6.45) is 0. The number of nitro benzene ring substituents is 1. The molecular weight excluding hydrogens is 410 g/mol. The van der Waals surface area contributed by atoms with Gasteiger partial charge in [-0.3, -0.25) is 30.6 Å². The topological polar surface area (TPSA) is 145 Å². The maximum absolute atomic E-state index is 12.1. The van der Waals surface area contributed by atoms with Crippen molar-refractivity contribution in [2.24, 2.45) is 0 Å². The van der Waals surface area contributed by atoms with Crippen LogP contribution in [0.15, 0.2) is 47.6 Å². The fraction of sp³-hybridized carbons (Fsp3) is 0.167. The van der Waals surface area contributed by atoms with Crippen molar-refractivity contribution in [3.8, 4) is 5.69 Å². The van der Waals surface area contributed by atoms with E-state index in [-0.39, 0.29) is 17.0 Å². The molecule has 0 radical (unpaired) electrons. The molecule has 0 aliphatic carbocycles. The molecule has 0 saturated heterocycles. The Kier molecular flexibility index (Phi) is 6.37. The summed E-state index contributed by atoms with van der Waals surface area (Å²) in [5.41, 5.74) is 7.42. The summed E-state index contributed by atoms with van der Waals surface area (Å²) < 4.78 is 1.57. The van der Waals surface area contributed by atoms with E-state index in [4.69, 9.17) is 0 Å². The van der Waals surface area contributed by atoms with Crippen molar-refractivity contribution in [2.45, 2.75) is 19.0 Å². The van der Waals surface area contributed by atoms with Gasteiger partial charge in [0.2, 0.25) is 11.1 Å². The number of rotatable bonds is 6. The van der Waals surface area contributed by atoms with Crippen LogP contribution in [-0.2, 0) is 4.79 Å². The molecule has 2 aromatic carbocycles. The Balaban J connectivity index is 1.56. The van der Waals surface area contributed by atoms with Gasteiger partial charge in [-0.1, -0.05) is 30.0 Å². The summed E-state index contributed by atoms with van der Waals surface area (Å²) in [5, 5.41) is 22.7. The van der Waals surface area contributed by atoms with Crippen molar-refractivity contribution < 1.29 is 14.5 Å². The largest absolute Gasteiger partial charge is 0.272 e. The zero-order chi connectivity index (χ0) is 21.7. The maximum Gasteiger partial charge on any atom is 0.269 e. The smallest absolute Gasteiger partial charge is 0.269 e. The lowest BCUT2D eigenvalue weighted by Crippen LogP contribution is -2.42. The minimum Gasteiger partial charge on any atom is -0.272 e. The fourth-order valence-corrected chi connectivity index (χ4v) is 3.33. The molecule has 0 aliphatic rings. The zero-order valence-electron chi connectivity index (χ0n) is 16.0. The van der Waals surface area contributed by atoms with Gasteiger partial charge in [-0.2, -0.15) is 4.68 Å². The number of hydrogen-bond donors (Lipinski definition) is 2. The second kappa shape index (κ2) is 9.13. The lowest BCUT2D eigenvalue weighted by molar-refractivity contribution is -0.384. The number of nitrogens with zero attached hydrogens (tertiary/aromatic N) is 5. The van der Waals surface area contributed by atoms with Crippen LogP contribution in [0.1, 0.15) is 21.5 Å². The third-order valence-corrected chi connectivity index (χ3v) is 5.00. The van der Waals surface area contributed by atoms with Crippen LogP contribution < -0.4 is 10.9 Å². The lowest BCUT2D eigenvalue weighted by Gasteiger charge is -2.10. The van der Waals surface area contributed by atoms with Crippen LogP contribution in [0.4, 0.5) is 5.69 Å². The number of nitrogens with one attached hydrogen (secondary N) is 2. The number of carbonyl (C=O) groups excluding carboxylic acids is 2. The number of tetrazole rings is 1. The Bertz CT molecular complexity index is 1080. The number of aryl methyl sites for hydroxylation is 2. The Morgan fingerprint density at radius 3 is 2.40 bits per heavy atom. The number of benzene rings is 2. The lowest BCUT2D eigenvalue weighted by atomic mass is 10.1. The average molecular weight is 427 g/mol. The van der Waals surface area contributed by atoms with Gasteiger partial charge in [-0.25, -0.2) is 0 Å². The molecule has 0 atom stereocenters. The van der Waals surface area contributed by atoms with Crippen LogP contribution >= 0.6 is 11.8 Å². The molecule has 3 aromatic rings. The van der Waals surface area contributed by atoms with Crippen molar-refractivity contribution in [3.63, 3.8) is 0 Å². The molecule has 12 heteroatoms. The Morgan fingerprint density at radius 2 is 1.77 bits per heavy atom. The third kappa shape index (κ3) is 4.78. The number of hydrogen-bond acceptors (Lipinski definition) is 8. The SMILES string of the molecule is Cc1cccc(C)c1-n1nnnc1SCC(=O)NNC(=O)c1ccc([N+](=O)[O-])cc1. The molecule has 1 heterocycles. The van der Waals surface area contributed by atoms with Crippen molar-refractivity contribution in [2.75, 3.05) is 5.75 Å². The number of para-hydroxylation sites is 1. The van der Waals surface area contributed by atoms with E-state index in [9.17, 15) is 19.7 Å². The highest BCUT2D eigenvalue weighted by Gasteiger charge is 2.15. The molecule has 11 nitrogen and oxygen atoms in total. The van der Waals surface area contributed by atoms with Gasteiger partial charge in [0.15, 0.2) is 0 Å². The van der Waals surface area contributed by atoms with Crippen LogP contribution in [0.2, 0.25) is 0 Å². The van der Waals surface area contributed by atoms with E-state index in [0.717, 1.165) is 28.6 Å². The highest BCUT2D eigenvalue weighted by Crippen LogP contribution is 2.23. The highest BCUT2D eigenvalue weighted by molar-refractivity contribution is 7.99. The van der Waals surface area contributed by atoms with E-state index in [1.165, 1.54) is 24.3 Å². The number of thioether (sulfide) groups is 1. The summed E-state index contributed by atoms with van der Waals surface area (Å²) >= 11 is 1.12. The summed E-state index contributed by atoms with van der Waals surface area (Å²) in [5.74, 6) is -1.10. The molecule has 1 aromatic heterocycles.